The van der Waals surface area contributed by atoms with E-state index in [0.717, 1.165) is 61.3 Å². The lowest BCUT2D eigenvalue weighted by Crippen LogP contribution is -2.31. The summed E-state index contributed by atoms with van der Waals surface area (Å²) >= 11 is 0. The Morgan fingerprint density at radius 2 is 2.06 bits per heavy atom. The lowest BCUT2D eigenvalue weighted by Gasteiger charge is -2.23. The molecule has 2 heterocycles. The van der Waals surface area contributed by atoms with Crippen molar-refractivity contribution >= 4 is 11.6 Å². The van der Waals surface area contributed by atoms with Gasteiger partial charge in [0.2, 0.25) is 11.8 Å². The third-order valence-corrected chi connectivity index (χ3v) is 5.87. The van der Waals surface area contributed by atoms with Crippen LogP contribution in [0.1, 0.15) is 68.1 Å². The van der Waals surface area contributed by atoms with Crippen LogP contribution in [0, 0.1) is 11.3 Å². The largest absolute Gasteiger partial charge is 0.339 e. The Kier molecular flexibility index (Phi) is 7.97. The summed E-state index contributed by atoms with van der Waals surface area (Å²) in [4.78, 5) is 23.4. The van der Waals surface area contributed by atoms with E-state index in [-0.39, 0.29) is 18.7 Å². The van der Waals surface area contributed by atoms with Crippen molar-refractivity contribution in [3.8, 4) is 17.3 Å². The predicted molar refractivity (Wildman–Crippen MR) is 126 cm³/mol. The number of anilines is 1. The van der Waals surface area contributed by atoms with Crippen LogP contribution >= 0.6 is 0 Å². The molecule has 0 radical (unpaired) electrons. The molecular formula is C26H28FN5O2. The molecule has 1 saturated carbocycles. The van der Waals surface area contributed by atoms with Gasteiger partial charge in [-0.15, -0.1) is 0 Å². The monoisotopic (exact) mass is 461 g/mol. The number of alkyl halides is 1. The summed E-state index contributed by atoms with van der Waals surface area (Å²) in [7, 11) is 0. The minimum Gasteiger partial charge on any atom is -0.339 e. The number of unbranched alkanes of at least 4 members (excludes halogenated alkanes) is 2. The van der Waals surface area contributed by atoms with Gasteiger partial charge in [0.15, 0.2) is 5.82 Å². The van der Waals surface area contributed by atoms with Gasteiger partial charge in [-0.1, -0.05) is 23.7 Å². The molecule has 4 rings (SSSR count). The number of hydrogen-bond donors (Lipinski definition) is 0. The molecule has 176 valence electrons. The summed E-state index contributed by atoms with van der Waals surface area (Å²) in [6, 6.07) is 13.2. The van der Waals surface area contributed by atoms with Gasteiger partial charge < -0.3 is 9.42 Å². The molecular weight excluding hydrogens is 433 g/mol. The van der Waals surface area contributed by atoms with Crippen molar-refractivity contribution in [3.63, 3.8) is 0 Å². The van der Waals surface area contributed by atoms with E-state index in [9.17, 15) is 9.18 Å². The average Bonchev–Trinajstić information content (AvgIpc) is 3.62. The number of benzene rings is 1. The maximum absolute atomic E-state index is 12.9. The van der Waals surface area contributed by atoms with E-state index in [2.05, 4.69) is 21.2 Å². The number of nitrogens with zero attached hydrogens (tertiary/aromatic N) is 5. The standard InChI is InChI=1S/C26H28FN5O2/c27-14-5-9-25(33)32(15-3-1-2-8-24-30-26(31-34-24)20-11-12-20)22-7-4-6-21(16-22)23-13-10-19(17-28)18-29-23/h4,6-7,10,13,16,18,20H,1-3,5,8-9,11-12,14-15H2. The van der Waals surface area contributed by atoms with Crippen LogP contribution in [0.25, 0.3) is 11.3 Å². The smallest absolute Gasteiger partial charge is 0.227 e. The van der Waals surface area contributed by atoms with Crippen molar-refractivity contribution in [1.29, 1.82) is 5.26 Å². The first-order valence-corrected chi connectivity index (χ1v) is 11.8. The first-order valence-electron chi connectivity index (χ1n) is 11.8. The zero-order chi connectivity index (χ0) is 23.8. The Morgan fingerprint density at radius 1 is 1.18 bits per heavy atom. The predicted octanol–water partition coefficient (Wildman–Crippen LogP) is 5.38. The molecule has 0 unspecified atom stereocenters. The second kappa shape index (κ2) is 11.5. The number of carbonyl (C=O) groups is 1. The van der Waals surface area contributed by atoms with E-state index in [1.54, 1.807) is 17.0 Å². The fourth-order valence-corrected chi connectivity index (χ4v) is 3.81. The molecule has 3 aromatic rings. The summed E-state index contributed by atoms with van der Waals surface area (Å²) in [5.41, 5.74) is 2.83. The molecule has 7 nitrogen and oxygen atoms in total. The molecule has 0 N–H and O–H groups in total. The first kappa shape index (κ1) is 23.6. The number of pyridine rings is 1. The quantitative estimate of drug-likeness (QED) is 0.336. The second-order valence-corrected chi connectivity index (χ2v) is 8.56. The van der Waals surface area contributed by atoms with Crippen molar-refractivity contribution < 1.29 is 13.7 Å². The Labute approximate surface area is 198 Å². The minimum absolute atomic E-state index is 0.0893. The van der Waals surface area contributed by atoms with Crippen LogP contribution in [0.15, 0.2) is 47.1 Å². The zero-order valence-corrected chi connectivity index (χ0v) is 19.1. The number of nitriles is 1. The van der Waals surface area contributed by atoms with Crippen LogP contribution in [0.5, 0.6) is 0 Å². The molecule has 0 aliphatic heterocycles. The van der Waals surface area contributed by atoms with Crippen molar-refractivity contribution in [2.24, 2.45) is 0 Å². The van der Waals surface area contributed by atoms with Gasteiger partial charge in [0.25, 0.3) is 0 Å². The Hall–Kier alpha value is -3.60. The SMILES string of the molecule is N#Cc1ccc(-c2cccc(N(CCCCCc3nc(C4CC4)no3)C(=O)CCCF)c2)nc1. The molecule has 1 aromatic carbocycles. The lowest BCUT2D eigenvalue weighted by atomic mass is 10.1. The molecule has 1 amide bonds. The number of aryl methyl sites for hydroxylation is 1. The number of amides is 1. The van der Waals surface area contributed by atoms with Gasteiger partial charge in [-0.2, -0.15) is 10.2 Å². The number of hydrogen-bond acceptors (Lipinski definition) is 6. The van der Waals surface area contributed by atoms with E-state index in [4.69, 9.17) is 9.78 Å². The molecule has 0 spiro atoms. The number of halogens is 1. The maximum atomic E-state index is 12.9. The highest BCUT2D eigenvalue weighted by Crippen LogP contribution is 2.38. The summed E-state index contributed by atoms with van der Waals surface area (Å²) in [6.45, 7) is 0.0360. The molecule has 2 aromatic heterocycles. The lowest BCUT2D eigenvalue weighted by molar-refractivity contribution is -0.118. The van der Waals surface area contributed by atoms with Crippen molar-refractivity contribution in [2.45, 2.75) is 57.3 Å². The average molecular weight is 462 g/mol. The van der Waals surface area contributed by atoms with Crippen LogP contribution in [0.3, 0.4) is 0 Å². The van der Waals surface area contributed by atoms with E-state index in [1.807, 2.05) is 24.3 Å². The van der Waals surface area contributed by atoms with Crippen molar-refractivity contribution in [3.05, 3.63) is 59.9 Å². The van der Waals surface area contributed by atoms with Crippen molar-refractivity contribution in [1.82, 2.24) is 15.1 Å². The highest BCUT2D eigenvalue weighted by atomic mass is 19.1. The van der Waals surface area contributed by atoms with Gasteiger partial charge in [-0.05, 0) is 56.4 Å². The second-order valence-electron chi connectivity index (χ2n) is 8.56. The molecule has 1 aliphatic carbocycles. The Morgan fingerprint density at radius 3 is 2.79 bits per heavy atom. The van der Waals surface area contributed by atoms with Gasteiger partial charge in [-0.3, -0.25) is 14.2 Å². The maximum Gasteiger partial charge on any atom is 0.227 e. The topological polar surface area (TPSA) is 95.9 Å². The van der Waals surface area contributed by atoms with Gasteiger partial charge >= 0.3 is 0 Å². The molecule has 1 aliphatic rings. The summed E-state index contributed by atoms with van der Waals surface area (Å²) in [5.74, 6) is 1.90. The van der Waals surface area contributed by atoms with Crippen LogP contribution in [0.4, 0.5) is 10.1 Å². The molecule has 8 heteroatoms. The number of aromatic nitrogens is 3. The van der Waals surface area contributed by atoms with E-state index in [0.29, 0.717) is 23.9 Å². The first-order chi connectivity index (χ1) is 16.7. The van der Waals surface area contributed by atoms with Crippen LogP contribution < -0.4 is 4.90 Å². The van der Waals surface area contributed by atoms with Crippen LogP contribution in [-0.2, 0) is 11.2 Å². The summed E-state index contributed by atoms with van der Waals surface area (Å²) < 4.78 is 18.0. The van der Waals surface area contributed by atoms with Crippen molar-refractivity contribution in [2.75, 3.05) is 18.1 Å². The molecule has 0 bridgehead atoms. The van der Waals surface area contributed by atoms with E-state index >= 15 is 0 Å². The number of carbonyl (C=O) groups excluding carboxylic acids is 1. The van der Waals surface area contributed by atoms with Gasteiger partial charge in [0, 0.05) is 42.8 Å². The highest BCUT2D eigenvalue weighted by Gasteiger charge is 2.28. The molecule has 0 atom stereocenters. The molecule has 0 saturated heterocycles. The zero-order valence-electron chi connectivity index (χ0n) is 19.1. The van der Waals surface area contributed by atoms with Gasteiger partial charge in [-0.25, -0.2) is 0 Å². The number of rotatable bonds is 12. The molecule has 34 heavy (non-hydrogen) atoms. The third kappa shape index (κ3) is 6.25. The van der Waals surface area contributed by atoms with Crippen LogP contribution in [0.2, 0.25) is 0 Å². The van der Waals surface area contributed by atoms with Gasteiger partial charge in [0.1, 0.15) is 6.07 Å². The highest BCUT2D eigenvalue weighted by molar-refractivity contribution is 5.94. The summed E-state index contributed by atoms with van der Waals surface area (Å²) in [6.07, 6.45) is 7.55. The fourth-order valence-electron chi connectivity index (χ4n) is 3.81. The normalized spacial score (nSPS) is 12.9. The minimum atomic E-state index is -0.512. The Bertz CT molecular complexity index is 1130. The fraction of sp³-hybridized carbons (Fsp3) is 0.423. The Balaban J connectivity index is 1.37. The van der Waals surface area contributed by atoms with Crippen LogP contribution in [-0.4, -0.2) is 34.3 Å². The van der Waals surface area contributed by atoms with E-state index in [1.165, 1.54) is 6.20 Å². The molecule has 1 fully saturated rings. The third-order valence-electron chi connectivity index (χ3n) is 5.87. The van der Waals surface area contributed by atoms with E-state index < -0.39 is 6.67 Å². The van der Waals surface area contributed by atoms with Gasteiger partial charge in [0.05, 0.1) is 17.9 Å². The summed E-state index contributed by atoms with van der Waals surface area (Å²) in [5, 5.41) is 13.0.